The Kier molecular flexibility index (Phi) is 5.62. The number of anilines is 2. The molecule has 1 heterocycles. The Morgan fingerprint density at radius 1 is 1.44 bits per heavy atom. The standard InChI is InChI=1S/C14H23N3O/c1-5-6-9-17(4)12-7-8-13(15-10-12)16-14(18)11(2)3/h7-8,10-11H,5-6,9H2,1-4H3,(H,15,16,18). The van der Waals surface area contributed by atoms with Crippen molar-refractivity contribution in [2.45, 2.75) is 33.6 Å². The SMILES string of the molecule is CCCCN(C)c1ccc(NC(=O)C(C)C)nc1. The van der Waals surface area contributed by atoms with Gasteiger partial charge < -0.3 is 10.2 Å². The largest absolute Gasteiger partial charge is 0.373 e. The first-order chi connectivity index (χ1) is 8.54. The highest BCUT2D eigenvalue weighted by atomic mass is 16.1. The third-order valence-electron chi connectivity index (χ3n) is 2.81. The van der Waals surface area contributed by atoms with E-state index in [1.165, 1.54) is 12.8 Å². The van der Waals surface area contributed by atoms with Crippen molar-refractivity contribution < 1.29 is 4.79 Å². The van der Waals surface area contributed by atoms with Gasteiger partial charge in [0.25, 0.3) is 0 Å². The Labute approximate surface area is 109 Å². The number of rotatable bonds is 6. The molecule has 1 aromatic rings. The van der Waals surface area contributed by atoms with E-state index in [0.717, 1.165) is 12.2 Å². The molecule has 0 unspecified atom stereocenters. The summed E-state index contributed by atoms with van der Waals surface area (Å²) >= 11 is 0. The summed E-state index contributed by atoms with van der Waals surface area (Å²) in [6.45, 7) is 6.93. The summed E-state index contributed by atoms with van der Waals surface area (Å²) in [6.07, 6.45) is 4.15. The molecule has 0 spiro atoms. The number of carbonyl (C=O) groups is 1. The zero-order valence-electron chi connectivity index (χ0n) is 11.7. The van der Waals surface area contributed by atoms with Gasteiger partial charge in [0.2, 0.25) is 5.91 Å². The molecule has 0 fully saturated rings. The lowest BCUT2D eigenvalue weighted by atomic mass is 10.2. The highest BCUT2D eigenvalue weighted by Crippen LogP contribution is 2.14. The molecular formula is C14H23N3O. The van der Waals surface area contributed by atoms with Crippen LogP contribution in [0, 0.1) is 5.92 Å². The first-order valence-corrected chi connectivity index (χ1v) is 6.52. The lowest BCUT2D eigenvalue weighted by Crippen LogP contribution is -2.20. The van der Waals surface area contributed by atoms with Gasteiger partial charge in [0.05, 0.1) is 11.9 Å². The van der Waals surface area contributed by atoms with Gasteiger partial charge in [-0.1, -0.05) is 27.2 Å². The molecule has 18 heavy (non-hydrogen) atoms. The van der Waals surface area contributed by atoms with Crippen LogP contribution in [0.1, 0.15) is 33.6 Å². The fourth-order valence-corrected chi connectivity index (χ4v) is 1.48. The van der Waals surface area contributed by atoms with Crippen LogP contribution in [0.3, 0.4) is 0 Å². The van der Waals surface area contributed by atoms with E-state index in [-0.39, 0.29) is 11.8 Å². The minimum atomic E-state index is -0.0290. The van der Waals surface area contributed by atoms with Crippen LogP contribution >= 0.6 is 0 Å². The van der Waals surface area contributed by atoms with Gasteiger partial charge in [0, 0.05) is 19.5 Å². The predicted molar refractivity (Wildman–Crippen MR) is 75.9 cm³/mol. The summed E-state index contributed by atoms with van der Waals surface area (Å²) in [4.78, 5) is 17.9. The van der Waals surface area contributed by atoms with Crippen LogP contribution in [0.5, 0.6) is 0 Å². The molecule has 0 atom stereocenters. The maximum Gasteiger partial charge on any atom is 0.228 e. The van der Waals surface area contributed by atoms with E-state index in [2.05, 4.69) is 29.2 Å². The van der Waals surface area contributed by atoms with E-state index in [4.69, 9.17) is 0 Å². The van der Waals surface area contributed by atoms with Gasteiger partial charge in [-0.2, -0.15) is 0 Å². The lowest BCUT2D eigenvalue weighted by Gasteiger charge is -2.18. The van der Waals surface area contributed by atoms with Crippen molar-refractivity contribution in [1.29, 1.82) is 0 Å². The van der Waals surface area contributed by atoms with Crippen LogP contribution in [-0.2, 0) is 4.79 Å². The second-order valence-electron chi connectivity index (χ2n) is 4.82. The lowest BCUT2D eigenvalue weighted by molar-refractivity contribution is -0.118. The summed E-state index contributed by atoms with van der Waals surface area (Å²) < 4.78 is 0. The highest BCUT2D eigenvalue weighted by Gasteiger charge is 2.08. The van der Waals surface area contributed by atoms with Crippen LogP contribution in [0.4, 0.5) is 11.5 Å². The van der Waals surface area contributed by atoms with Crippen molar-refractivity contribution in [3.63, 3.8) is 0 Å². The van der Waals surface area contributed by atoms with Gasteiger partial charge in [-0.3, -0.25) is 4.79 Å². The van der Waals surface area contributed by atoms with Gasteiger partial charge in [-0.15, -0.1) is 0 Å². The predicted octanol–water partition coefficient (Wildman–Crippen LogP) is 2.91. The van der Waals surface area contributed by atoms with Gasteiger partial charge >= 0.3 is 0 Å². The highest BCUT2D eigenvalue weighted by molar-refractivity contribution is 5.91. The molecule has 0 radical (unpaired) electrons. The molecule has 4 nitrogen and oxygen atoms in total. The number of amides is 1. The van der Waals surface area contributed by atoms with E-state index in [9.17, 15) is 4.79 Å². The van der Waals surface area contributed by atoms with Crippen molar-refractivity contribution >= 4 is 17.4 Å². The minimum Gasteiger partial charge on any atom is -0.373 e. The van der Waals surface area contributed by atoms with Gasteiger partial charge in [-0.05, 0) is 18.6 Å². The summed E-state index contributed by atoms with van der Waals surface area (Å²) in [5.41, 5.74) is 1.07. The van der Waals surface area contributed by atoms with E-state index < -0.39 is 0 Å². The molecule has 100 valence electrons. The molecule has 4 heteroatoms. The zero-order chi connectivity index (χ0) is 13.5. The van der Waals surface area contributed by atoms with E-state index >= 15 is 0 Å². The maximum absolute atomic E-state index is 11.5. The summed E-state index contributed by atoms with van der Waals surface area (Å²) in [5.74, 6) is 0.578. The van der Waals surface area contributed by atoms with Crippen molar-refractivity contribution in [1.82, 2.24) is 4.98 Å². The number of hydrogen-bond acceptors (Lipinski definition) is 3. The summed E-state index contributed by atoms with van der Waals surface area (Å²) in [7, 11) is 2.05. The van der Waals surface area contributed by atoms with E-state index in [0.29, 0.717) is 5.82 Å². The van der Waals surface area contributed by atoms with Crippen LogP contribution in [-0.4, -0.2) is 24.5 Å². The molecule has 0 aromatic carbocycles. The molecule has 1 aromatic heterocycles. The molecule has 0 aliphatic rings. The summed E-state index contributed by atoms with van der Waals surface area (Å²) in [5, 5.41) is 2.78. The molecule has 0 saturated heterocycles. The van der Waals surface area contributed by atoms with Gasteiger partial charge in [-0.25, -0.2) is 4.98 Å². The van der Waals surface area contributed by atoms with Gasteiger partial charge in [0.15, 0.2) is 0 Å². The number of hydrogen-bond donors (Lipinski definition) is 1. The van der Waals surface area contributed by atoms with E-state index in [1.54, 1.807) is 6.20 Å². The number of carbonyl (C=O) groups excluding carboxylic acids is 1. The van der Waals surface area contributed by atoms with Crippen LogP contribution in [0.2, 0.25) is 0 Å². The minimum absolute atomic E-state index is 0.00501. The van der Waals surface area contributed by atoms with Crippen LogP contribution < -0.4 is 10.2 Å². The molecule has 1 rings (SSSR count). The van der Waals surface area contributed by atoms with Crippen molar-refractivity contribution in [2.24, 2.45) is 5.92 Å². The third-order valence-corrected chi connectivity index (χ3v) is 2.81. The fourth-order valence-electron chi connectivity index (χ4n) is 1.48. The monoisotopic (exact) mass is 249 g/mol. The molecule has 0 saturated carbocycles. The third kappa shape index (κ3) is 4.35. The molecule has 0 bridgehead atoms. The normalized spacial score (nSPS) is 10.5. The van der Waals surface area contributed by atoms with Crippen molar-refractivity contribution in [2.75, 3.05) is 23.8 Å². The Hall–Kier alpha value is -1.58. The quantitative estimate of drug-likeness (QED) is 0.843. The topological polar surface area (TPSA) is 45.2 Å². The number of aromatic nitrogens is 1. The first-order valence-electron chi connectivity index (χ1n) is 6.52. The average molecular weight is 249 g/mol. The number of unbranched alkanes of at least 4 members (excludes halogenated alkanes) is 1. The number of nitrogens with one attached hydrogen (secondary N) is 1. The average Bonchev–Trinajstić information content (AvgIpc) is 2.36. The number of pyridine rings is 1. The second-order valence-corrected chi connectivity index (χ2v) is 4.82. The molecule has 0 aliphatic heterocycles. The molecule has 1 amide bonds. The van der Waals surface area contributed by atoms with Crippen molar-refractivity contribution in [3.8, 4) is 0 Å². The molecule has 0 aliphatic carbocycles. The fraction of sp³-hybridized carbons (Fsp3) is 0.571. The Balaban J connectivity index is 2.59. The zero-order valence-corrected chi connectivity index (χ0v) is 11.7. The maximum atomic E-state index is 11.5. The van der Waals surface area contributed by atoms with Crippen molar-refractivity contribution in [3.05, 3.63) is 18.3 Å². The summed E-state index contributed by atoms with van der Waals surface area (Å²) in [6, 6.07) is 3.83. The Morgan fingerprint density at radius 3 is 2.67 bits per heavy atom. The molecule has 1 N–H and O–H groups in total. The van der Waals surface area contributed by atoms with E-state index in [1.807, 2.05) is 26.0 Å². The first kappa shape index (κ1) is 14.5. The Morgan fingerprint density at radius 2 is 2.17 bits per heavy atom. The van der Waals surface area contributed by atoms with Crippen LogP contribution in [0.25, 0.3) is 0 Å². The number of nitrogens with zero attached hydrogens (tertiary/aromatic N) is 2. The second kappa shape index (κ2) is 6.99. The Bertz CT molecular complexity index is 373. The smallest absolute Gasteiger partial charge is 0.228 e. The molecular weight excluding hydrogens is 226 g/mol. The van der Waals surface area contributed by atoms with Gasteiger partial charge in [0.1, 0.15) is 5.82 Å². The van der Waals surface area contributed by atoms with Crippen LogP contribution in [0.15, 0.2) is 18.3 Å².